The number of nitrogens with one attached hydrogen (secondary N) is 2. The molecule has 29 heavy (non-hydrogen) atoms. The van der Waals surface area contributed by atoms with Crippen LogP contribution in [0.1, 0.15) is 24.2 Å². The standard InChI is InChI=1S/C19H21N3O6S/c1-12(21-18(24)14-7-4-3-5-8-14)19(25)28-13(2)17(23)22-15-9-6-10-16(11-15)29(20,26)27/h3-13H,1-2H3,(H,21,24)(H,22,23)(H2,20,26,27)/t12-,13+/m0/s1. The van der Waals surface area contributed by atoms with Crippen molar-refractivity contribution in [2.24, 2.45) is 5.14 Å². The number of benzene rings is 2. The molecule has 9 nitrogen and oxygen atoms in total. The van der Waals surface area contributed by atoms with Crippen LogP contribution in [-0.2, 0) is 24.3 Å². The number of ether oxygens (including phenoxy) is 1. The van der Waals surface area contributed by atoms with Gasteiger partial charge in [0.2, 0.25) is 10.0 Å². The van der Waals surface area contributed by atoms with E-state index in [0.29, 0.717) is 5.56 Å². The maximum Gasteiger partial charge on any atom is 0.329 e. The Morgan fingerprint density at radius 1 is 1.00 bits per heavy atom. The summed E-state index contributed by atoms with van der Waals surface area (Å²) in [5, 5.41) is 9.98. The van der Waals surface area contributed by atoms with E-state index >= 15 is 0 Å². The van der Waals surface area contributed by atoms with E-state index in [9.17, 15) is 22.8 Å². The summed E-state index contributed by atoms with van der Waals surface area (Å²) in [5.74, 6) is -1.92. The van der Waals surface area contributed by atoms with Crippen molar-refractivity contribution in [2.75, 3.05) is 5.32 Å². The summed E-state index contributed by atoms with van der Waals surface area (Å²) in [7, 11) is -3.92. The average molecular weight is 419 g/mol. The number of carbonyl (C=O) groups excluding carboxylic acids is 3. The SMILES string of the molecule is C[C@H](NC(=O)c1ccccc1)C(=O)O[C@H](C)C(=O)Nc1cccc(S(N)(=O)=O)c1. The lowest BCUT2D eigenvalue weighted by atomic mass is 10.2. The highest BCUT2D eigenvalue weighted by Gasteiger charge is 2.24. The first kappa shape index (κ1) is 22.1. The van der Waals surface area contributed by atoms with Crippen LogP contribution in [0.15, 0.2) is 59.5 Å². The van der Waals surface area contributed by atoms with Crippen molar-refractivity contribution < 1.29 is 27.5 Å². The number of nitrogens with two attached hydrogens (primary N) is 1. The minimum absolute atomic E-state index is 0.169. The fraction of sp³-hybridized carbons (Fsp3) is 0.211. The molecule has 154 valence electrons. The normalized spacial score (nSPS) is 13.1. The third-order valence-corrected chi connectivity index (χ3v) is 4.74. The molecule has 0 heterocycles. The molecule has 2 rings (SSSR count). The molecule has 0 aliphatic rings. The third kappa shape index (κ3) is 6.40. The van der Waals surface area contributed by atoms with Gasteiger partial charge in [-0.25, -0.2) is 18.4 Å². The fourth-order valence-corrected chi connectivity index (χ4v) is 2.81. The fourth-order valence-electron chi connectivity index (χ4n) is 2.25. The van der Waals surface area contributed by atoms with Gasteiger partial charge in [-0.2, -0.15) is 0 Å². The average Bonchev–Trinajstić information content (AvgIpc) is 2.68. The summed E-state index contributed by atoms with van der Waals surface area (Å²) in [6, 6.07) is 12.7. The molecule has 0 fully saturated rings. The van der Waals surface area contributed by atoms with Crippen molar-refractivity contribution in [2.45, 2.75) is 30.9 Å². The number of anilines is 1. The zero-order valence-electron chi connectivity index (χ0n) is 15.8. The quantitative estimate of drug-likeness (QED) is 0.572. The Labute approximate surface area is 168 Å². The Kier molecular flexibility index (Phi) is 7.08. The Morgan fingerprint density at radius 3 is 2.28 bits per heavy atom. The van der Waals surface area contributed by atoms with Crippen LogP contribution >= 0.6 is 0 Å². The summed E-state index contributed by atoms with van der Waals surface area (Å²) in [4.78, 5) is 36.3. The van der Waals surface area contributed by atoms with E-state index < -0.39 is 40.0 Å². The highest BCUT2D eigenvalue weighted by atomic mass is 32.2. The third-order valence-electron chi connectivity index (χ3n) is 3.83. The summed E-state index contributed by atoms with van der Waals surface area (Å²) < 4.78 is 27.8. The molecule has 0 radical (unpaired) electrons. The molecule has 0 bridgehead atoms. The first-order valence-electron chi connectivity index (χ1n) is 8.58. The lowest BCUT2D eigenvalue weighted by Crippen LogP contribution is -2.42. The molecule has 4 N–H and O–H groups in total. The molecular formula is C19H21N3O6S. The predicted molar refractivity (Wildman–Crippen MR) is 105 cm³/mol. The molecule has 2 amide bonds. The highest BCUT2D eigenvalue weighted by molar-refractivity contribution is 7.89. The van der Waals surface area contributed by atoms with Crippen LogP contribution in [0, 0.1) is 0 Å². The predicted octanol–water partition coefficient (Wildman–Crippen LogP) is 1.02. The van der Waals surface area contributed by atoms with Crippen LogP contribution in [0.3, 0.4) is 0 Å². The van der Waals surface area contributed by atoms with Gasteiger partial charge in [-0.15, -0.1) is 0 Å². The number of hydrogen-bond donors (Lipinski definition) is 3. The van der Waals surface area contributed by atoms with Crippen molar-refractivity contribution in [3.8, 4) is 0 Å². The lowest BCUT2D eigenvalue weighted by Gasteiger charge is -2.17. The van der Waals surface area contributed by atoms with Gasteiger partial charge in [-0.3, -0.25) is 9.59 Å². The Bertz CT molecular complexity index is 1010. The number of amides is 2. The second kappa shape index (κ2) is 9.30. The highest BCUT2D eigenvalue weighted by Crippen LogP contribution is 2.14. The summed E-state index contributed by atoms with van der Waals surface area (Å²) in [6.45, 7) is 2.78. The van der Waals surface area contributed by atoms with Gasteiger partial charge in [-0.05, 0) is 44.2 Å². The van der Waals surface area contributed by atoms with Gasteiger partial charge in [0.15, 0.2) is 6.10 Å². The second-order valence-corrected chi connectivity index (χ2v) is 7.76. The minimum atomic E-state index is -3.92. The number of hydrogen-bond acceptors (Lipinski definition) is 6. The molecule has 10 heteroatoms. The van der Waals surface area contributed by atoms with E-state index in [2.05, 4.69) is 10.6 Å². The van der Waals surface area contributed by atoms with Gasteiger partial charge >= 0.3 is 5.97 Å². The van der Waals surface area contributed by atoms with Crippen molar-refractivity contribution in [3.05, 3.63) is 60.2 Å². The van der Waals surface area contributed by atoms with Crippen molar-refractivity contribution in [1.29, 1.82) is 0 Å². The molecule has 2 aromatic rings. The van der Waals surface area contributed by atoms with Gasteiger partial charge in [0, 0.05) is 11.3 Å². The molecule has 2 aromatic carbocycles. The van der Waals surface area contributed by atoms with Crippen LogP contribution in [0.4, 0.5) is 5.69 Å². The lowest BCUT2D eigenvalue weighted by molar-refractivity contribution is -0.154. The van der Waals surface area contributed by atoms with E-state index in [1.807, 2.05) is 0 Å². The molecule has 0 saturated carbocycles. The zero-order chi connectivity index (χ0) is 21.6. The minimum Gasteiger partial charge on any atom is -0.451 e. The van der Waals surface area contributed by atoms with Crippen LogP contribution in [0.2, 0.25) is 0 Å². The number of carbonyl (C=O) groups is 3. The van der Waals surface area contributed by atoms with Crippen molar-refractivity contribution >= 4 is 33.5 Å². The van der Waals surface area contributed by atoms with E-state index in [0.717, 1.165) is 0 Å². The van der Waals surface area contributed by atoms with Crippen molar-refractivity contribution in [3.63, 3.8) is 0 Å². The maximum absolute atomic E-state index is 12.2. The van der Waals surface area contributed by atoms with Gasteiger partial charge in [0.1, 0.15) is 6.04 Å². The number of esters is 1. The molecular weight excluding hydrogens is 398 g/mol. The van der Waals surface area contributed by atoms with Crippen LogP contribution in [0.25, 0.3) is 0 Å². The topological polar surface area (TPSA) is 145 Å². The van der Waals surface area contributed by atoms with Gasteiger partial charge in [-0.1, -0.05) is 24.3 Å². The van der Waals surface area contributed by atoms with Gasteiger partial charge < -0.3 is 15.4 Å². The second-order valence-electron chi connectivity index (χ2n) is 6.20. The van der Waals surface area contributed by atoms with Crippen LogP contribution in [0.5, 0.6) is 0 Å². The first-order chi connectivity index (χ1) is 13.6. The Morgan fingerprint density at radius 2 is 1.66 bits per heavy atom. The summed E-state index contributed by atoms with van der Waals surface area (Å²) in [5.41, 5.74) is 0.558. The largest absolute Gasteiger partial charge is 0.451 e. The van der Waals surface area contributed by atoms with Crippen LogP contribution < -0.4 is 15.8 Å². The molecule has 2 atom stereocenters. The summed E-state index contributed by atoms with van der Waals surface area (Å²) in [6.07, 6.45) is -1.18. The number of rotatable bonds is 7. The van der Waals surface area contributed by atoms with Gasteiger partial charge in [0.05, 0.1) is 4.90 Å². The molecule has 0 aromatic heterocycles. The maximum atomic E-state index is 12.2. The molecule has 0 unspecified atom stereocenters. The molecule has 0 aliphatic heterocycles. The number of sulfonamides is 1. The monoisotopic (exact) mass is 419 g/mol. The summed E-state index contributed by atoms with van der Waals surface area (Å²) >= 11 is 0. The Balaban J connectivity index is 1.93. The van der Waals surface area contributed by atoms with Gasteiger partial charge in [0.25, 0.3) is 11.8 Å². The molecule has 0 spiro atoms. The van der Waals surface area contributed by atoms with E-state index in [-0.39, 0.29) is 10.6 Å². The van der Waals surface area contributed by atoms with E-state index in [1.54, 1.807) is 30.3 Å². The van der Waals surface area contributed by atoms with Crippen molar-refractivity contribution in [1.82, 2.24) is 5.32 Å². The van der Waals surface area contributed by atoms with E-state index in [4.69, 9.17) is 9.88 Å². The molecule has 0 saturated heterocycles. The zero-order valence-corrected chi connectivity index (χ0v) is 16.6. The van der Waals surface area contributed by atoms with E-state index in [1.165, 1.54) is 38.1 Å². The molecule has 0 aliphatic carbocycles. The first-order valence-corrected chi connectivity index (χ1v) is 10.1. The Hall–Kier alpha value is -3.24. The van der Waals surface area contributed by atoms with Crippen LogP contribution in [-0.4, -0.2) is 38.3 Å². The smallest absolute Gasteiger partial charge is 0.329 e. The number of primary sulfonamides is 1.